The predicted molar refractivity (Wildman–Crippen MR) is 129 cm³/mol. The summed E-state index contributed by atoms with van der Waals surface area (Å²) in [5.74, 6) is 1.67. The van der Waals surface area contributed by atoms with E-state index in [-0.39, 0.29) is 11.9 Å². The normalized spacial score (nSPS) is 36.9. The van der Waals surface area contributed by atoms with Gasteiger partial charge in [-0.25, -0.2) is 0 Å². The molecule has 2 saturated heterocycles. The lowest BCUT2D eigenvalue weighted by Crippen LogP contribution is -2.86. The molecule has 0 unspecified atom stereocenters. The molecule has 34 heavy (non-hydrogen) atoms. The van der Waals surface area contributed by atoms with Crippen LogP contribution in [0, 0.1) is 34.5 Å². The molecule has 0 atom stereocenters. The topological polar surface area (TPSA) is 85.8 Å². The van der Waals surface area contributed by atoms with Crippen molar-refractivity contribution >= 4 is 11.9 Å². The van der Waals surface area contributed by atoms with E-state index in [4.69, 9.17) is 9.47 Å². The van der Waals surface area contributed by atoms with Gasteiger partial charge < -0.3 is 20.1 Å². The Morgan fingerprint density at radius 2 is 1.03 bits per heavy atom. The van der Waals surface area contributed by atoms with Crippen LogP contribution in [0.3, 0.4) is 0 Å². The first-order valence-corrected chi connectivity index (χ1v) is 14.1. The van der Waals surface area contributed by atoms with Crippen LogP contribution in [0.15, 0.2) is 0 Å². The van der Waals surface area contributed by atoms with Crippen LogP contribution in [0.4, 0.5) is 0 Å². The van der Waals surface area contributed by atoms with Crippen molar-refractivity contribution in [3.8, 4) is 0 Å². The van der Waals surface area contributed by atoms with E-state index >= 15 is 0 Å². The maximum absolute atomic E-state index is 13.9. The Hall–Kier alpha value is -1.14. The van der Waals surface area contributed by atoms with Crippen molar-refractivity contribution in [1.29, 1.82) is 0 Å². The summed E-state index contributed by atoms with van der Waals surface area (Å²) in [7, 11) is 0. The third-order valence-electron chi connectivity index (χ3n) is 10.5. The number of quaternary nitrogens is 2. The number of hydrogen-bond donors (Lipinski definition) is 2. The van der Waals surface area contributed by atoms with Gasteiger partial charge in [-0.15, -0.1) is 0 Å². The van der Waals surface area contributed by atoms with Crippen LogP contribution in [-0.4, -0.2) is 49.3 Å². The SMILES string of the molecule is CC(C)(OC(=O)C12CC3CC(C1)CC(C(=O)OC(C)(C)C1CC[NH2+]CC1)(C3)C2)C1CC[NH2+]CC1. The number of esters is 2. The average molecular weight is 477 g/mol. The first kappa shape index (κ1) is 24.5. The third-order valence-corrected chi connectivity index (χ3v) is 10.5. The van der Waals surface area contributed by atoms with E-state index in [1.54, 1.807) is 0 Å². The minimum atomic E-state index is -0.495. The fourth-order valence-electron chi connectivity index (χ4n) is 8.85. The average Bonchev–Trinajstić information content (AvgIpc) is 2.79. The van der Waals surface area contributed by atoms with Crippen LogP contribution in [-0.2, 0) is 19.1 Å². The summed E-state index contributed by atoms with van der Waals surface area (Å²) in [6.07, 6.45) is 9.78. The minimum Gasteiger partial charge on any atom is -0.459 e. The molecule has 6 aliphatic rings. The van der Waals surface area contributed by atoms with Crippen molar-refractivity contribution in [2.75, 3.05) is 26.2 Å². The fraction of sp³-hybridized carbons (Fsp3) is 0.929. The monoisotopic (exact) mass is 476 g/mol. The molecule has 2 aliphatic heterocycles. The van der Waals surface area contributed by atoms with Gasteiger partial charge in [-0.3, -0.25) is 9.59 Å². The highest BCUT2D eigenvalue weighted by Crippen LogP contribution is 2.66. The third kappa shape index (κ3) is 4.42. The molecule has 4 aliphatic carbocycles. The summed E-state index contributed by atoms with van der Waals surface area (Å²) in [5, 5.41) is 4.71. The van der Waals surface area contributed by atoms with E-state index in [0.29, 0.717) is 30.1 Å². The summed E-state index contributed by atoms with van der Waals surface area (Å²) in [6, 6.07) is 0. The molecule has 6 rings (SSSR count). The van der Waals surface area contributed by atoms with Gasteiger partial charge in [0.05, 0.1) is 37.0 Å². The first-order valence-electron chi connectivity index (χ1n) is 14.1. The molecular weight excluding hydrogens is 428 g/mol. The van der Waals surface area contributed by atoms with Gasteiger partial charge >= 0.3 is 11.9 Å². The standard InChI is InChI=1S/C28H46N2O4/c1-25(2,21-5-9-29-10-6-21)33-23(31)27-14-19-13-20(15-27)17-28(16-19,18-27)24(32)34-26(3,4)22-7-11-30-12-8-22/h19-22,29-30H,5-18H2,1-4H3/p+2. The maximum atomic E-state index is 13.9. The Morgan fingerprint density at radius 1 is 0.676 bits per heavy atom. The lowest BCUT2D eigenvalue weighted by atomic mass is 9.44. The van der Waals surface area contributed by atoms with Crippen molar-refractivity contribution in [1.82, 2.24) is 0 Å². The molecule has 6 nitrogen and oxygen atoms in total. The van der Waals surface area contributed by atoms with Gasteiger partial charge in [0.1, 0.15) is 11.2 Å². The summed E-state index contributed by atoms with van der Waals surface area (Å²) in [6.45, 7) is 12.9. The number of piperidine rings is 2. The van der Waals surface area contributed by atoms with Crippen LogP contribution in [0.1, 0.15) is 91.9 Å². The second-order valence-electron chi connectivity index (χ2n) is 13.8. The molecule has 0 amide bonds. The van der Waals surface area contributed by atoms with E-state index in [1.807, 2.05) is 0 Å². The number of carbonyl (C=O) groups is 2. The Balaban J connectivity index is 1.32. The molecule has 0 spiro atoms. The molecular formula is C28H48N2O4+2. The maximum Gasteiger partial charge on any atom is 0.312 e. The zero-order valence-electron chi connectivity index (χ0n) is 22.0. The second-order valence-corrected chi connectivity index (χ2v) is 13.8. The molecule has 4 bridgehead atoms. The van der Waals surface area contributed by atoms with Crippen LogP contribution < -0.4 is 10.6 Å². The first-order chi connectivity index (χ1) is 16.0. The lowest BCUT2D eigenvalue weighted by molar-refractivity contribution is -0.666. The van der Waals surface area contributed by atoms with Crippen LogP contribution in [0.2, 0.25) is 0 Å². The van der Waals surface area contributed by atoms with Gasteiger partial charge in [-0.1, -0.05) is 0 Å². The zero-order valence-corrected chi connectivity index (χ0v) is 22.0. The second kappa shape index (κ2) is 8.76. The number of ether oxygens (including phenoxy) is 2. The Morgan fingerprint density at radius 3 is 1.38 bits per heavy atom. The van der Waals surface area contributed by atoms with Gasteiger partial charge in [0, 0.05) is 37.5 Å². The molecule has 0 aromatic rings. The van der Waals surface area contributed by atoms with E-state index in [2.05, 4.69) is 38.3 Å². The quantitative estimate of drug-likeness (QED) is 0.576. The highest BCUT2D eigenvalue weighted by molar-refractivity contribution is 5.83. The summed E-state index contributed by atoms with van der Waals surface area (Å²) in [5.41, 5.74) is -1.87. The lowest BCUT2D eigenvalue weighted by Gasteiger charge is -2.60. The predicted octanol–water partition coefficient (Wildman–Crippen LogP) is 2.16. The Kier molecular flexibility index (Phi) is 6.32. The van der Waals surface area contributed by atoms with Gasteiger partial charge in [-0.05, 0) is 78.1 Å². The van der Waals surface area contributed by atoms with Crippen molar-refractivity contribution in [2.45, 2.75) is 103 Å². The highest BCUT2D eigenvalue weighted by Gasteiger charge is 2.65. The molecule has 2 heterocycles. The summed E-state index contributed by atoms with van der Waals surface area (Å²) in [4.78, 5) is 27.7. The molecule has 0 aromatic heterocycles. The van der Waals surface area contributed by atoms with Crippen LogP contribution in [0.25, 0.3) is 0 Å². The minimum absolute atomic E-state index is 0.0274. The number of hydrogen-bond acceptors (Lipinski definition) is 4. The van der Waals surface area contributed by atoms with Gasteiger partial charge in [0.15, 0.2) is 0 Å². The molecule has 0 aromatic carbocycles. The van der Waals surface area contributed by atoms with Crippen LogP contribution in [0.5, 0.6) is 0 Å². The van der Waals surface area contributed by atoms with Gasteiger partial charge in [-0.2, -0.15) is 0 Å². The molecule has 4 N–H and O–H groups in total. The zero-order chi connectivity index (χ0) is 24.2. The molecule has 192 valence electrons. The van der Waals surface area contributed by atoms with Crippen molar-refractivity contribution in [2.24, 2.45) is 34.5 Å². The number of carbonyl (C=O) groups excluding carboxylic acids is 2. The number of nitrogens with two attached hydrogens (primary N) is 2. The van der Waals surface area contributed by atoms with Gasteiger partial charge in [0.25, 0.3) is 0 Å². The van der Waals surface area contributed by atoms with Crippen molar-refractivity contribution < 1.29 is 29.7 Å². The smallest absolute Gasteiger partial charge is 0.312 e. The Bertz CT molecular complexity index is 718. The molecule has 0 radical (unpaired) electrons. The molecule has 4 saturated carbocycles. The largest absolute Gasteiger partial charge is 0.459 e. The van der Waals surface area contributed by atoms with E-state index < -0.39 is 22.0 Å². The van der Waals surface area contributed by atoms with Gasteiger partial charge in [0.2, 0.25) is 0 Å². The molecule has 6 heteroatoms. The molecule has 6 fully saturated rings. The van der Waals surface area contributed by atoms with E-state index in [1.165, 1.54) is 0 Å². The van der Waals surface area contributed by atoms with Crippen molar-refractivity contribution in [3.05, 3.63) is 0 Å². The van der Waals surface area contributed by atoms with Crippen LogP contribution >= 0.6 is 0 Å². The highest BCUT2D eigenvalue weighted by atomic mass is 16.6. The summed E-state index contributed by atoms with van der Waals surface area (Å²) < 4.78 is 12.7. The Labute approximate surface area is 205 Å². The van der Waals surface area contributed by atoms with E-state index in [9.17, 15) is 9.59 Å². The van der Waals surface area contributed by atoms with Crippen molar-refractivity contribution in [3.63, 3.8) is 0 Å². The summed E-state index contributed by atoms with van der Waals surface area (Å²) >= 11 is 0. The number of rotatable bonds is 6. The van der Waals surface area contributed by atoms with E-state index in [0.717, 1.165) is 84.0 Å². The fourth-order valence-corrected chi connectivity index (χ4v) is 8.85.